The zero-order valence-corrected chi connectivity index (χ0v) is 15.5. The molecule has 0 radical (unpaired) electrons. The van der Waals surface area contributed by atoms with Crippen LogP contribution in [-0.4, -0.2) is 30.6 Å². The van der Waals surface area contributed by atoms with Crippen LogP contribution in [-0.2, 0) is 14.3 Å². The highest BCUT2D eigenvalue weighted by molar-refractivity contribution is 6.09. The van der Waals surface area contributed by atoms with E-state index in [4.69, 9.17) is 10.00 Å². The van der Waals surface area contributed by atoms with Crippen LogP contribution in [0.25, 0.3) is 0 Å². The summed E-state index contributed by atoms with van der Waals surface area (Å²) in [5.74, 6) is 0.161. The van der Waals surface area contributed by atoms with E-state index in [2.05, 4.69) is 0 Å². The van der Waals surface area contributed by atoms with Crippen LogP contribution in [0.2, 0.25) is 0 Å². The molecule has 0 spiro atoms. The Bertz CT molecular complexity index is 783. The molecule has 27 heavy (non-hydrogen) atoms. The number of hydrogen-bond acceptors (Lipinski definition) is 5. The largest absolute Gasteiger partial charge is 0.511 e. The predicted octanol–water partition coefficient (Wildman–Crippen LogP) is 3.60. The molecule has 1 aliphatic heterocycles. The second kappa shape index (κ2) is 8.26. The Morgan fingerprint density at radius 1 is 1.26 bits per heavy atom. The van der Waals surface area contributed by atoms with Gasteiger partial charge in [0.2, 0.25) is 0 Å². The zero-order chi connectivity index (χ0) is 19.4. The number of carbonyl (C=O) groups is 2. The van der Waals surface area contributed by atoms with Crippen molar-refractivity contribution in [2.24, 2.45) is 5.92 Å². The van der Waals surface area contributed by atoms with Gasteiger partial charge in [-0.25, -0.2) is 0 Å². The van der Waals surface area contributed by atoms with Crippen molar-refractivity contribution < 1.29 is 19.4 Å². The molecule has 142 valence electrons. The average Bonchev–Trinajstić information content (AvgIpc) is 2.69. The van der Waals surface area contributed by atoms with Crippen molar-refractivity contribution >= 4 is 17.6 Å². The molecule has 0 saturated heterocycles. The molecule has 0 atom stereocenters. The van der Waals surface area contributed by atoms with E-state index in [1.165, 1.54) is 17.6 Å². The normalized spacial score (nSPS) is 23.1. The fourth-order valence-electron chi connectivity index (χ4n) is 4.01. The van der Waals surface area contributed by atoms with Crippen molar-refractivity contribution in [3.05, 3.63) is 41.2 Å². The maximum Gasteiger partial charge on any atom is 0.305 e. The molecule has 0 bridgehead atoms. The fourth-order valence-corrected chi connectivity index (χ4v) is 4.01. The Kier molecular flexibility index (Phi) is 5.80. The number of aliphatic hydroxyl groups excluding tert-OH is 1. The predicted molar refractivity (Wildman–Crippen MR) is 100 cm³/mol. The molecule has 6 heteroatoms. The van der Waals surface area contributed by atoms with Crippen molar-refractivity contribution in [1.29, 1.82) is 5.26 Å². The van der Waals surface area contributed by atoms with Crippen molar-refractivity contribution in [2.45, 2.75) is 44.4 Å². The molecule has 1 aromatic carbocycles. The third kappa shape index (κ3) is 4.13. The molecule has 3 rings (SSSR count). The first-order valence-corrected chi connectivity index (χ1v) is 9.34. The van der Waals surface area contributed by atoms with E-state index in [0.29, 0.717) is 31.2 Å². The van der Waals surface area contributed by atoms with Gasteiger partial charge in [-0.05, 0) is 55.2 Å². The van der Waals surface area contributed by atoms with E-state index >= 15 is 0 Å². The van der Waals surface area contributed by atoms with Gasteiger partial charge in [0.05, 0.1) is 7.11 Å². The highest BCUT2D eigenvalue weighted by Crippen LogP contribution is 2.38. The van der Waals surface area contributed by atoms with E-state index < -0.39 is 5.91 Å². The topological polar surface area (TPSA) is 90.6 Å². The van der Waals surface area contributed by atoms with Crippen LogP contribution in [0.3, 0.4) is 0 Å². The van der Waals surface area contributed by atoms with Crippen molar-refractivity contribution in [1.82, 2.24) is 0 Å². The lowest BCUT2D eigenvalue weighted by atomic mass is 9.77. The highest BCUT2D eigenvalue weighted by Gasteiger charge is 2.29. The molecule has 1 heterocycles. The van der Waals surface area contributed by atoms with Crippen LogP contribution in [0.15, 0.2) is 35.6 Å². The van der Waals surface area contributed by atoms with Crippen molar-refractivity contribution in [3.8, 4) is 6.07 Å². The van der Waals surface area contributed by atoms with E-state index in [0.717, 1.165) is 31.4 Å². The average molecular weight is 368 g/mol. The molecule has 1 fully saturated rings. The highest BCUT2D eigenvalue weighted by atomic mass is 16.5. The fraction of sp³-hybridized carbons (Fsp3) is 0.476. The molecule has 2 aliphatic rings. The second-order valence-electron chi connectivity index (χ2n) is 7.23. The number of benzene rings is 1. The number of carbonyl (C=O) groups excluding carboxylic acids is 2. The van der Waals surface area contributed by atoms with Crippen LogP contribution < -0.4 is 4.90 Å². The summed E-state index contributed by atoms with van der Waals surface area (Å²) in [5.41, 5.74) is 1.80. The summed E-state index contributed by atoms with van der Waals surface area (Å²) in [6.45, 7) is 0.369. The smallest absolute Gasteiger partial charge is 0.305 e. The Hall–Kier alpha value is -2.81. The summed E-state index contributed by atoms with van der Waals surface area (Å²) < 4.78 is 4.76. The molecule has 0 unspecified atom stereocenters. The van der Waals surface area contributed by atoms with Gasteiger partial charge in [0.25, 0.3) is 5.91 Å². The zero-order valence-electron chi connectivity index (χ0n) is 15.5. The quantitative estimate of drug-likeness (QED) is 0.820. The van der Waals surface area contributed by atoms with Gasteiger partial charge in [-0.3, -0.25) is 9.59 Å². The Morgan fingerprint density at radius 3 is 2.52 bits per heavy atom. The van der Waals surface area contributed by atoms with E-state index in [9.17, 15) is 14.7 Å². The molecule has 1 amide bonds. The summed E-state index contributed by atoms with van der Waals surface area (Å²) in [6, 6.07) is 9.69. The molecule has 1 aliphatic carbocycles. The van der Waals surface area contributed by atoms with E-state index in [1.807, 2.05) is 24.3 Å². The SMILES string of the molecule is COC(=O)C[C@H]1CC[C@H](c2ccc(N3CCC(O)=C(C#N)C3=O)cc2)CC1. The maximum atomic E-state index is 12.4. The maximum absolute atomic E-state index is 12.4. The lowest BCUT2D eigenvalue weighted by molar-refractivity contribution is -0.142. The third-order valence-corrected chi connectivity index (χ3v) is 5.64. The Morgan fingerprint density at radius 2 is 1.93 bits per heavy atom. The minimum absolute atomic E-state index is 0.126. The number of nitriles is 1. The summed E-state index contributed by atoms with van der Waals surface area (Å²) >= 11 is 0. The summed E-state index contributed by atoms with van der Waals surface area (Å²) in [7, 11) is 1.43. The number of aliphatic hydroxyl groups is 1. The number of amides is 1. The van der Waals surface area contributed by atoms with Crippen molar-refractivity contribution in [2.75, 3.05) is 18.6 Å². The number of ether oxygens (including phenoxy) is 1. The minimum Gasteiger partial charge on any atom is -0.511 e. The molecule has 1 aromatic rings. The molecule has 0 aromatic heterocycles. The van der Waals surface area contributed by atoms with Gasteiger partial charge in [0.15, 0.2) is 5.57 Å². The first kappa shape index (κ1) is 19.0. The number of methoxy groups -OCH3 is 1. The number of rotatable bonds is 4. The van der Waals surface area contributed by atoms with Gasteiger partial charge in [0, 0.05) is 25.1 Å². The number of anilines is 1. The second-order valence-corrected chi connectivity index (χ2v) is 7.23. The summed E-state index contributed by atoms with van der Waals surface area (Å²) in [5, 5.41) is 18.7. The van der Waals surface area contributed by atoms with Gasteiger partial charge < -0.3 is 14.7 Å². The summed E-state index contributed by atoms with van der Waals surface area (Å²) in [4.78, 5) is 25.3. The van der Waals surface area contributed by atoms with Crippen LogP contribution in [0.5, 0.6) is 0 Å². The van der Waals surface area contributed by atoms with Crippen LogP contribution in [0.1, 0.15) is 50.0 Å². The third-order valence-electron chi connectivity index (χ3n) is 5.64. The molecular formula is C21H24N2O4. The standard InChI is InChI=1S/C21H24N2O4/c1-27-20(25)12-14-2-4-15(5-3-14)16-6-8-17(9-7-16)23-11-10-19(24)18(13-22)21(23)26/h6-9,14-15,24H,2-5,10-12H2,1H3/t14-,15-. The summed E-state index contributed by atoms with van der Waals surface area (Å²) in [6.07, 6.45) is 4.91. The molecule has 1 N–H and O–H groups in total. The number of hydrogen-bond donors (Lipinski definition) is 1. The van der Waals surface area contributed by atoms with Crippen LogP contribution in [0, 0.1) is 17.2 Å². The molecule has 6 nitrogen and oxygen atoms in total. The lowest BCUT2D eigenvalue weighted by Gasteiger charge is -2.29. The van der Waals surface area contributed by atoms with E-state index in [1.54, 1.807) is 6.07 Å². The van der Waals surface area contributed by atoms with Crippen LogP contribution in [0.4, 0.5) is 5.69 Å². The first-order valence-electron chi connectivity index (χ1n) is 9.34. The Labute approximate surface area is 159 Å². The minimum atomic E-state index is -0.447. The van der Waals surface area contributed by atoms with Crippen molar-refractivity contribution in [3.63, 3.8) is 0 Å². The Balaban J connectivity index is 1.63. The van der Waals surface area contributed by atoms with Gasteiger partial charge in [0.1, 0.15) is 11.8 Å². The van der Waals surface area contributed by atoms with Gasteiger partial charge in [-0.15, -0.1) is 0 Å². The molecule has 1 saturated carbocycles. The van der Waals surface area contributed by atoms with Gasteiger partial charge in [-0.1, -0.05) is 12.1 Å². The molecular weight excluding hydrogens is 344 g/mol. The monoisotopic (exact) mass is 368 g/mol. The van der Waals surface area contributed by atoms with E-state index in [-0.39, 0.29) is 17.3 Å². The number of nitrogens with zero attached hydrogens (tertiary/aromatic N) is 2. The van der Waals surface area contributed by atoms with Gasteiger partial charge in [-0.2, -0.15) is 5.26 Å². The van der Waals surface area contributed by atoms with Gasteiger partial charge >= 0.3 is 5.97 Å². The number of esters is 1. The lowest BCUT2D eigenvalue weighted by Crippen LogP contribution is -2.37. The van der Waals surface area contributed by atoms with Crippen LogP contribution >= 0.6 is 0 Å². The first-order chi connectivity index (χ1) is 13.0.